The summed E-state index contributed by atoms with van der Waals surface area (Å²) in [6.07, 6.45) is 0. The van der Waals surface area contributed by atoms with Crippen molar-refractivity contribution in [3.8, 4) is 44.5 Å². The van der Waals surface area contributed by atoms with Crippen LogP contribution in [0.2, 0.25) is 0 Å². The Morgan fingerprint density at radius 2 is 0.867 bits per heavy atom. The minimum Gasteiger partial charge on any atom is -0.455 e. The molecule has 0 aliphatic carbocycles. The molecule has 45 heavy (non-hydrogen) atoms. The van der Waals surface area contributed by atoms with Crippen LogP contribution in [0, 0.1) is 0 Å². The Labute approximate surface area is 272 Å². The lowest BCUT2D eigenvalue weighted by Crippen LogP contribution is -1.90. The van der Waals surface area contributed by atoms with E-state index in [1.54, 1.807) is 30.3 Å². The van der Waals surface area contributed by atoms with Crippen LogP contribution in [0.25, 0.3) is 88.0 Å². The van der Waals surface area contributed by atoms with Crippen LogP contribution >= 0.6 is 0 Å². The zero-order valence-corrected chi connectivity index (χ0v) is 24.0. The molecule has 0 aliphatic heterocycles. The first kappa shape index (κ1) is 18.7. The Bertz CT molecular complexity index is 2880. The first-order valence-electron chi connectivity index (χ1n) is 18.8. The summed E-state index contributed by atoms with van der Waals surface area (Å²) in [7, 11) is 0. The predicted octanol–water partition coefficient (Wildman–Crippen LogP) is 12.6. The van der Waals surface area contributed by atoms with Crippen LogP contribution in [0.4, 0.5) is 0 Å². The Balaban J connectivity index is 1.45. The zero-order chi connectivity index (χ0) is 36.7. The molecule has 0 saturated carbocycles. The lowest BCUT2D eigenvalue weighted by atomic mass is 9.85. The molecule has 0 atom stereocenters. The van der Waals surface area contributed by atoms with E-state index >= 15 is 0 Å². The van der Waals surface area contributed by atoms with Crippen molar-refractivity contribution in [3.05, 3.63) is 170 Å². The molecular formula is C44H28O. The molecule has 0 bridgehead atoms. The van der Waals surface area contributed by atoms with Crippen molar-refractivity contribution in [2.45, 2.75) is 0 Å². The molecule has 9 aromatic rings. The Kier molecular flexibility index (Phi) is 4.30. The van der Waals surface area contributed by atoms with Crippen LogP contribution in [0.15, 0.2) is 174 Å². The number of rotatable bonds is 4. The van der Waals surface area contributed by atoms with Gasteiger partial charge in [-0.15, -0.1) is 0 Å². The second kappa shape index (κ2) is 10.4. The highest BCUT2D eigenvalue weighted by Gasteiger charge is 2.20. The topological polar surface area (TPSA) is 13.1 Å². The highest BCUT2D eigenvalue weighted by molar-refractivity contribution is 6.22. The molecule has 1 aromatic heterocycles. The van der Waals surface area contributed by atoms with Gasteiger partial charge in [0.2, 0.25) is 0 Å². The van der Waals surface area contributed by atoms with Crippen molar-refractivity contribution in [3.63, 3.8) is 0 Å². The normalized spacial score (nSPS) is 14.0. The second-order valence-electron chi connectivity index (χ2n) is 11.0. The summed E-state index contributed by atoms with van der Waals surface area (Å²) in [5.74, 6) is 0. The van der Waals surface area contributed by atoms with E-state index in [0.29, 0.717) is 33.4 Å². The predicted molar refractivity (Wildman–Crippen MR) is 190 cm³/mol. The SMILES string of the molecule is [2H]c1c([2H])c([2H])c2c(-c3ccc4oc5c(-c6ccccc6)c(-c6ccccc6)ccc5c4c3)c3c([2H])c([2H])c([2H])c([2H])c3c(-c3ccccc3)c2c1[2H]. The third-order valence-electron chi connectivity index (χ3n) is 8.51. The maximum atomic E-state index is 9.26. The second-order valence-corrected chi connectivity index (χ2v) is 11.0. The van der Waals surface area contributed by atoms with Crippen molar-refractivity contribution in [2.75, 3.05) is 0 Å². The maximum absolute atomic E-state index is 9.26. The molecule has 0 amide bonds. The van der Waals surface area contributed by atoms with Crippen molar-refractivity contribution in [1.82, 2.24) is 0 Å². The van der Waals surface area contributed by atoms with Gasteiger partial charge in [0, 0.05) is 16.3 Å². The first-order chi connectivity index (χ1) is 25.7. The average Bonchev–Trinajstić information content (AvgIpc) is 3.58. The van der Waals surface area contributed by atoms with Crippen molar-refractivity contribution in [1.29, 1.82) is 0 Å². The fourth-order valence-corrected chi connectivity index (χ4v) is 6.55. The van der Waals surface area contributed by atoms with Gasteiger partial charge in [-0.3, -0.25) is 0 Å². The zero-order valence-electron chi connectivity index (χ0n) is 32.0. The Morgan fingerprint density at radius 3 is 1.42 bits per heavy atom. The number of furan rings is 1. The van der Waals surface area contributed by atoms with Gasteiger partial charge in [0.25, 0.3) is 0 Å². The van der Waals surface area contributed by atoms with Crippen molar-refractivity contribution >= 4 is 43.5 Å². The van der Waals surface area contributed by atoms with Crippen LogP contribution in [-0.4, -0.2) is 0 Å². The molecule has 0 unspecified atom stereocenters. The minimum atomic E-state index is -0.432. The summed E-state index contributed by atoms with van der Waals surface area (Å²) in [6, 6.07) is 35.9. The van der Waals surface area contributed by atoms with Gasteiger partial charge in [-0.2, -0.15) is 0 Å². The average molecular weight is 581 g/mol. The number of benzene rings is 8. The third kappa shape index (κ3) is 4.09. The maximum Gasteiger partial charge on any atom is 0.143 e. The van der Waals surface area contributed by atoms with Crippen LogP contribution in [0.1, 0.15) is 11.0 Å². The van der Waals surface area contributed by atoms with Gasteiger partial charge in [0.15, 0.2) is 0 Å². The molecule has 9 rings (SSSR count). The van der Waals surface area contributed by atoms with Crippen molar-refractivity contribution in [2.24, 2.45) is 0 Å². The number of hydrogen-bond donors (Lipinski definition) is 0. The standard InChI is InChI=1S/C44H28O/c1-4-14-29(15-5-1)33-25-26-38-39-28-32(24-27-40(39)45-44(38)43(33)31-18-8-3-9-19-31)42-36-22-12-10-20-34(36)41(30-16-6-2-7-17-30)35-21-11-13-23-37(35)42/h1-28H/i10D,11D,12D,13D,20D,21D,22D,23D. The van der Waals surface area contributed by atoms with Gasteiger partial charge in [-0.05, 0) is 78.7 Å². The highest BCUT2D eigenvalue weighted by atomic mass is 16.3. The van der Waals surface area contributed by atoms with Crippen LogP contribution in [-0.2, 0) is 0 Å². The molecule has 0 saturated heterocycles. The largest absolute Gasteiger partial charge is 0.455 e. The Morgan fingerprint density at radius 1 is 0.378 bits per heavy atom. The quantitative estimate of drug-likeness (QED) is 0.189. The molecule has 0 N–H and O–H groups in total. The van der Waals surface area contributed by atoms with Gasteiger partial charge < -0.3 is 4.42 Å². The molecular weight excluding hydrogens is 544 g/mol. The van der Waals surface area contributed by atoms with E-state index in [4.69, 9.17) is 9.90 Å². The molecule has 0 aliphatic rings. The molecule has 1 heterocycles. The summed E-state index contributed by atoms with van der Waals surface area (Å²) >= 11 is 0. The summed E-state index contributed by atoms with van der Waals surface area (Å²) < 4.78 is 78.3. The minimum absolute atomic E-state index is 0.177. The monoisotopic (exact) mass is 580 g/mol. The van der Waals surface area contributed by atoms with E-state index in [1.165, 1.54) is 0 Å². The van der Waals surface area contributed by atoms with E-state index in [-0.39, 0.29) is 45.7 Å². The van der Waals surface area contributed by atoms with E-state index in [2.05, 4.69) is 18.2 Å². The fourth-order valence-electron chi connectivity index (χ4n) is 6.55. The molecule has 8 aromatic carbocycles. The van der Waals surface area contributed by atoms with Gasteiger partial charge in [-0.1, -0.05) is 151 Å². The van der Waals surface area contributed by atoms with Gasteiger partial charge in [0.05, 0.1) is 11.0 Å². The van der Waals surface area contributed by atoms with E-state index in [9.17, 15) is 5.48 Å². The molecule has 1 heteroatoms. The Hall–Kier alpha value is -5.92. The molecule has 0 spiro atoms. The summed E-state index contributed by atoms with van der Waals surface area (Å²) in [6.45, 7) is 0. The van der Waals surface area contributed by atoms with E-state index in [1.807, 2.05) is 72.8 Å². The van der Waals surface area contributed by atoms with E-state index in [0.717, 1.165) is 33.0 Å². The summed E-state index contributed by atoms with van der Waals surface area (Å²) in [4.78, 5) is 0. The van der Waals surface area contributed by atoms with Gasteiger partial charge in [0.1, 0.15) is 11.2 Å². The molecule has 0 radical (unpaired) electrons. The number of fused-ring (bicyclic) bond motifs is 5. The fraction of sp³-hybridized carbons (Fsp3) is 0. The summed E-state index contributed by atoms with van der Waals surface area (Å²) in [5, 5.41) is 2.31. The lowest BCUT2D eigenvalue weighted by Gasteiger charge is -2.17. The smallest absolute Gasteiger partial charge is 0.143 e. The molecule has 0 fully saturated rings. The van der Waals surface area contributed by atoms with Crippen LogP contribution in [0.3, 0.4) is 0 Å². The summed E-state index contributed by atoms with van der Waals surface area (Å²) in [5.41, 5.74) is 6.96. The van der Waals surface area contributed by atoms with Crippen LogP contribution in [0.5, 0.6) is 0 Å². The molecule has 210 valence electrons. The first-order valence-corrected chi connectivity index (χ1v) is 14.8. The lowest BCUT2D eigenvalue weighted by molar-refractivity contribution is 0.670. The third-order valence-corrected chi connectivity index (χ3v) is 8.51. The number of hydrogen-bond acceptors (Lipinski definition) is 1. The van der Waals surface area contributed by atoms with Gasteiger partial charge >= 0.3 is 0 Å². The van der Waals surface area contributed by atoms with E-state index < -0.39 is 24.2 Å². The van der Waals surface area contributed by atoms with Crippen LogP contribution < -0.4 is 0 Å². The molecule has 1 nitrogen and oxygen atoms in total. The van der Waals surface area contributed by atoms with Gasteiger partial charge in [-0.25, -0.2) is 0 Å². The highest BCUT2D eigenvalue weighted by Crippen LogP contribution is 2.46. The van der Waals surface area contributed by atoms with Crippen molar-refractivity contribution < 1.29 is 15.4 Å².